The van der Waals surface area contributed by atoms with Gasteiger partial charge in [-0.3, -0.25) is 4.57 Å². The van der Waals surface area contributed by atoms with E-state index < -0.39 is 36.3 Å². The molecule has 0 saturated heterocycles. The van der Waals surface area contributed by atoms with E-state index in [1.807, 2.05) is 59.6 Å². The maximum Gasteiger partial charge on any atom is 0.137 e. The van der Waals surface area contributed by atoms with E-state index >= 15 is 0 Å². The van der Waals surface area contributed by atoms with Crippen molar-refractivity contribution in [1.82, 2.24) is 9.55 Å². The van der Waals surface area contributed by atoms with Crippen molar-refractivity contribution in [3.63, 3.8) is 0 Å². The molecule has 8 aromatic carbocycles. The van der Waals surface area contributed by atoms with Crippen LogP contribution in [0.4, 0.5) is 22.7 Å². The van der Waals surface area contributed by atoms with Crippen molar-refractivity contribution >= 4 is 44.6 Å². The molecule has 0 aliphatic carbocycles. The molecule has 0 amide bonds. The highest BCUT2D eigenvalue weighted by Gasteiger charge is 2.33. The summed E-state index contributed by atoms with van der Waals surface area (Å²) in [5.41, 5.74) is 9.59. The van der Waals surface area contributed by atoms with Gasteiger partial charge in [-0.15, -0.1) is 0 Å². The summed E-state index contributed by atoms with van der Waals surface area (Å²) >= 11 is 0. The fourth-order valence-corrected chi connectivity index (χ4v) is 9.18. The van der Waals surface area contributed by atoms with Crippen LogP contribution in [0, 0.1) is 0 Å². The summed E-state index contributed by atoms with van der Waals surface area (Å²) in [6, 6.07) is 44.3. The molecule has 5 heteroatoms. The van der Waals surface area contributed by atoms with Gasteiger partial charge >= 0.3 is 0 Å². The minimum atomic E-state index is -0.522. The lowest BCUT2D eigenvalue weighted by Crippen LogP contribution is -2.25. The van der Waals surface area contributed by atoms with Crippen molar-refractivity contribution in [2.45, 2.75) is 52.4 Å². The van der Waals surface area contributed by atoms with E-state index in [0.717, 1.165) is 66.9 Å². The standard InChI is InChI=1S/C62H54N4O/c1-61(2,3)46-29-33-56-58(37-46)65(60-51(43-20-12-8-13-21-43)26-17-27-52(60)44-22-14-9-15-23-44)41-64(56)48-24-16-25-49(39-48)67-50-30-31-53-54-36-45(42-18-10-7-11-19-42)28-32-55(54)66(57(53)40-50)59-38-47(34-35-63-59)62(4,5)6/h7-40H,41H2,1-6H3/i8D,9D,12D,13D,14D,15D,20D,21D,22D. The molecule has 0 unspecified atom stereocenters. The molecular weight excluding hydrogens is 817 g/mol. The summed E-state index contributed by atoms with van der Waals surface area (Å²) < 4.78 is 88.1. The Kier molecular flexibility index (Phi) is 8.07. The molecular formula is C62H54N4O. The Bertz CT molecular complexity index is 3960. The van der Waals surface area contributed by atoms with E-state index in [2.05, 4.69) is 124 Å². The number of nitrogens with zero attached hydrogens (tertiary/aromatic N) is 4. The van der Waals surface area contributed by atoms with Gasteiger partial charge < -0.3 is 14.5 Å². The maximum atomic E-state index is 9.16. The molecule has 0 saturated carbocycles. The SMILES string of the molecule is [2H]c1cc(-c2cccc(-c3c([2H])c([2H])c([2H])c([2H])c3[2H])c2N2CN(c3cccc(Oc4ccc5c6cc(-c7ccccc7)ccc6n(-c6cc(C(C)(C)C)ccn6)c5c4)c3)c3ccc(C(C)(C)C)cc32)c([2H])c([2H])c1[2H]. The lowest BCUT2D eigenvalue weighted by atomic mass is 9.86. The number of rotatable bonds is 8. The van der Waals surface area contributed by atoms with Crippen LogP contribution in [0.25, 0.3) is 61.0 Å². The van der Waals surface area contributed by atoms with Gasteiger partial charge in [-0.1, -0.05) is 169 Å². The Morgan fingerprint density at radius 1 is 0.493 bits per heavy atom. The van der Waals surface area contributed by atoms with Crippen LogP contribution in [0.3, 0.4) is 0 Å². The zero-order valence-corrected chi connectivity index (χ0v) is 38.3. The van der Waals surface area contributed by atoms with Crippen LogP contribution in [0.15, 0.2) is 206 Å². The molecule has 0 spiro atoms. The molecule has 10 aromatic rings. The van der Waals surface area contributed by atoms with Crippen LogP contribution in [0.5, 0.6) is 11.5 Å². The molecule has 1 aliphatic heterocycles. The molecule has 11 rings (SSSR count). The first kappa shape index (κ1) is 32.7. The van der Waals surface area contributed by atoms with E-state index in [4.69, 9.17) is 22.1 Å². The van der Waals surface area contributed by atoms with Gasteiger partial charge in [-0.2, -0.15) is 0 Å². The van der Waals surface area contributed by atoms with Crippen LogP contribution in [-0.4, -0.2) is 16.2 Å². The first-order valence-corrected chi connectivity index (χ1v) is 22.6. The van der Waals surface area contributed by atoms with Crippen LogP contribution in [0.2, 0.25) is 0 Å². The molecule has 0 radical (unpaired) electrons. The van der Waals surface area contributed by atoms with Crippen molar-refractivity contribution in [2.24, 2.45) is 0 Å². The molecule has 5 nitrogen and oxygen atoms in total. The maximum absolute atomic E-state index is 9.16. The van der Waals surface area contributed by atoms with Gasteiger partial charge in [0, 0.05) is 45.9 Å². The molecule has 0 N–H and O–H groups in total. The Morgan fingerprint density at radius 2 is 1.21 bits per heavy atom. The number of ether oxygens (including phenoxy) is 1. The van der Waals surface area contributed by atoms with E-state index in [1.54, 1.807) is 18.2 Å². The number of hydrogen-bond donors (Lipinski definition) is 0. The number of fused-ring (bicyclic) bond motifs is 4. The van der Waals surface area contributed by atoms with Crippen LogP contribution in [-0.2, 0) is 10.8 Å². The number of benzene rings is 8. The molecule has 0 bridgehead atoms. The highest BCUT2D eigenvalue weighted by Crippen LogP contribution is 2.51. The summed E-state index contributed by atoms with van der Waals surface area (Å²) in [7, 11) is 0. The summed E-state index contributed by atoms with van der Waals surface area (Å²) in [5.74, 6) is 1.99. The number of hydrogen-bond acceptors (Lipinski definition) is 4. The Labute approximate surface area is 406 Å². The summed E-state index contributed by atoms with van der Waals surface area (Å²) in [4.78, 5) is 9.07. The third-order valence-electron chi connectivity index (χ3n) is 12.7. The lowest BCUT2D eigenvalue weighted by Gasteiger charge is -2.28. The molecule has 2 aromatic heterocycles. The van der Waals surface area contributed by atoms with Crippen molar-refractivity contribution < 1.29 is 17.1 Å². The lowest BCUT2D eigenvalue weighted by molar-refractivity contribution is 0.483. The van der Waals surface area contributed by atoms with Crippen molar-refractivity contribution in [3.8, 4) is 50.7 Å². The molecule has 0 fully saturated rings. The second-order valence-corrected chi connectivity index (χ2v) is 19.1. The van der Waals surface area contributed by atoms with Crippen molar-refractivity contribution in [2.75, 3.05) is 16.5 Å². The highest BCUT2D eigenvalue weighted by molar-refractivity contribution is 6.11. The van der Waals surface area contributed by atoms with Gasteiger partial charge in [-0.25, -0.2) is 4.98 Å². The zero-order valence-electron chi connectivity index (χ0n) is 47.3. The molecule has 1 aliphatic rings. The fourth-order valence-electron chi connectivity index (χ4n) is 9.18. The summed E-state index contributed by atoms with van der Waals surface area (Å²) in [6.45, 7) is 13.1. The second-order valence-electron chi connectivity index (χ2n) is 19.1. The van der Waals surface area contributed by atoms with Gasteiger partial charge in [0.15, 0.2) is 0 Å². The van der Waals surface area contributed by atoms with E-state index in [1.165, 1.54) is 6.07 Å². The second kappa shape index (κ2) is 16.5. The van der Waals surface area contributed by atoms with E-state index in [-0.39, 0.29) is 46.8 Å². The van der Waals surface area contributed by atoms with E-state index in [0.29, 0.717) is 28.3 Å². The van der Waals surface area contributed by atoms with Gasteiger partial charge in [0.25, 0.3) is 0 Å². The fraction of sp³-hybridized carbons (Fsp3) is 0.145. The first-order chi connectivity index (χ1) is 36.2. The van der Waals surface area contributed by atoms with Gasteiger partial charge in [0.05, 0.1) is 40.4 Å². The highest BCUT2D eigenvalue weighted by atomic mass is 16.5. The minimum Gasteiger partial charge on any atom is -0.457 e. The normalized spacial score (nSPS) is 14.7. The first-order valence-electron chi connectivity index (χ1n) is 27.1. The van der Waals surface area contributed by atoms with Crippen molar-refractivity contribution in [1.29, 1.82) is 0 Å². The Morgan fingerprint density at radius 3 is 2.00 bits per heavy atom. The largest absolute Gasteiger partial charge is 0.457 e. The average Bonchev–Trinajstić information content (AvgIpc) is 4.03. The van der Waals surface area contributed by atoms with Crippen LogP contribution < -0.4 is 14.5 Å². The third kappa shape index (κ3) is 7.80. The quantitative estimate of drug-likeness (QED) is 0.152. The molecule has 328 valence electrons. The third-order valence-corrected chi connectivity index (χ3v) is 12.7. The van der Waals surface area contributed by atoms with E-state index in [9.17, 15) is 0 Å². The predicted octanol–water partition coefficient (Wildman–Crippen LogP) is 16.8. The van der Waals surface area contributed by atoms with Gasteiger partial charge in [0.1, 0.15) is 24.0 Å². The monoisotopic (exact) mass is 879 g/mol. The molecule has 3 heterocycles. The average molecular weight is 880 g/mol. The number of anilines is 4. The summed E-state index contributed by atoms with van der Waals surface area (Å²) in [5, 5.41) is 2.14. The molecule has 0 atom stereocenters. The Balaban J connectivity index is 1.05. The topological polar surface area (TPSA) is 33.5 Å². The number of aromatic nitrogens is 2. The Hall–Kier alpha value is -7.89. The predicted molar refractivity (Wildman–Crippen MR) is 281 cm³/mol. The van der Waals surface area contributed by atoms with Gasteiger partial charge in [-0.05, 0) is 105 Å². The zero-order chi connectivity index (χ0) is 53.7. The minimum absolute atomic E-state index is 0.0311. The number of pyridine rings is 1. The van der Waals surface area contributed by atoms with Gasteiger partial charge in [0.2, 0.25) is 0 Å². The van der Waals surface area contributed by atoms with Crippen LogP contribution in [0.1, 0.15) is 65.0 Å². The summed E-state index contributed by atoms with van der Waals surface area (Å²) in [6.07, 6.45) is 1.87. The number of para-hydroxylation sites is 1. The smallest absolute Gasteiger partial charge is 0.137 e. The van der Waals surface area contributed by atoms with Crippen LogP contribution >= 0.6 is 0 Å². The van der Waals surface area contributed by atoms with Crippen molar-refractivity contribution in [3.05, 3.63) is 217 Å². The molecule has 67 heavy (non-hydrogen) atoms.